The van der Waals surface area contributed by atoms with Crippen LogP contribution in [0.25, 0.3) is 11.3 Å². The number of hydrogen-bond donors (Lipinski definition) is 2. The number of aromatic carboxylic acids is 1. The Labute approximate surface area is 146 Å². The zero-order valence-electron chi connectivity index (χ0n) is 13.2. The number of carbonyl (C=O) groups is 1. The van der Waals surface area contributed by atoms with E-state index < -0.39 is 10.9 Å². The highest BCUT2D eigenvalue weighted by Gasteiger charge is 2.13. The maximum atomic E-state index is 10.9. The van der Waals surface area contributed by atoms with Crippen LogP contribution in [0.3, 0.4) is 0 Å². The van der Waals surface area contributed by atoms with E-state index in [0.717, 1.165) is 0 Å². The minimum Gasteiger partial charge on any atom is -0.478 e. The fourth-order valence-electron chi connectivity index (χ4n) is 2.14. The van der Waals surface area contributed by atoms with Gasteiger partial charge < -0.3 is 9.52 Å². The Bertz CT molecular complexity index is 979. The molecule has 3 aromatic rings. The number of anilines is 1. The van der Waals surface area contributed by atoms with Crippen LogP contribution in [0.2, 0.25) is 0 Å². The van der Waals surface area contributed by atoms with E-state index in [9.17, 15) is 14.9 Å². The number of hydrazone groups is 1. The van der Waals surface area contributed by atoms with Gasteiger partial charge in [-0.05, 0) is 30.3 Å². The number of nitrogens with one attached hydrogen (secondary N) is 1. The third-order valence-electron chi connectivity index (χ3n) is 3.39. The van der Waals surface area contributed by atoms with Crippen LogP contribution < -0.4 is 5.43 Å². The minimum absolute atomic E-state index is 0.0183. The van der Waals surface area contributed by atoms with Gasteiger partial charge in [0.15, 0.2) is 0 Å². The first-order valence-electron chi connectivity index (χ1n) is 7.36. The van der Waals surface area contributed by atoms with Crippen molar-refractivity contribution in [1.82, 2.24) is 4.98 Å². The summed E-state index contributed by atoms with van der Waals surface area (Å²) < 4.78 is 5.59. The van der Waals surface area contributed by atoms with E-state index in [4.69, 9.17) is 9.52 Å². The summed E-state index contributed by atoms with van der Waals surface area (Å²) in [6.07, 6.45) is 2.77. The molecular formula is C17H12N4O5. The molecule has 2 heterocycles. The lowest BCUT2D eigenvalue weighted by Gasteiger charge is -1.99. The quantitative estimate of drug-likeness (QED) is 0.395. The second-order valence-corrected chi connectivity index (χ2v) is 5.08. The molecule has 9 nitrogen and oxygen atoms in total. The maximum absolute atomic E-state index is 10.9. The van der Waals surface area contributed by atoms with E-state index in [-0.39, 0.29) is 17.1 Å². The molecule has 0 atom stereocenters. The topological polar surface area (TPSA) is 131 Å². The molecule has 0 radical (unpaired) electrons. The van der Waals surface area contributed by atoms with Crippen molar-refractivity contribution in [3.8, 4) is 11.3 Å². The number of hydrogen-bond acceptors (Lipinski definition) is 7. The normalized spacial score (nSPS) is 10.8. The van der Waals surface area contributed by atoms with Crippen molar-refractivity contribution in [1.29, 1.82) is 0 Å². The molecule has 0 aliphatic rings. The van der Waals surface area contributed by atoms with Gasteiger partial charge in [0.25, 0.3) is 0 Å². The summed E-state index contributed by atoms with van der Waals surface area (Å²) in [5, 5.41) is 23.7. The van der Waals surface area contributed by atoms with Crippen LogP contribution in [0.4, 0.5) is 11.5 Å². The zero-order chi connectivity index (χ0) is 18.5. The largest absolute Gasteiger partial charge is 0.478 e. The summed E-state index contributed by atoms with van der Waals surface area (Å²) in [5.41, 5.74) is 3.21. The van der Waals surface area contributed by atoms with E-state index in [1.807, 2.05) is 0 Å². The Balaban J connectivity index is 1.71. The molecule has 9 heteroatoms. The first-order valence-corrected chi connectivity index (χ1v) is 7.36. The second-order valence-electron chi connectivity index (χ2n) is 5.08. The molecule has 0 bridgehead atoms. The molecule has 3 rings (SSSR count). The van der Waals surface area contributed by atoms with Gasteiger partial charge in [0.2, 0.25) is 5.82 Å². The first kappa shape index (κ1) is 16.8. The Hall–Kier alpha value is -4.01. The fraction of sp³-hybridized carbons (Fsp3) is 0. The van der Waals surface area contributed by atoms with Crippen LogP contribution >= 0.6 is 0 Å². The molecule has 1 aromatic carbocycles. The molecule has 0 fully saturated rings. The van der Waals surface area contributed by atoms with Crippen LogP contribution in [0.5, 0.6) is 0 Å². The van der Waals surface area contributed by atoms with Gasteiger partial charge in [0, 0.05) is 17.8 Å². The number of rotatable bonds is 6. The van der Waals surface area contributed by atoms with Crippen molar-refractivity contribution in [3.05, 3.63) is 76.2 Å². The number of furan rings is 1. The van der Waals surface area contributed by atoms with Crippen LogP contribution in [-0.2, 0) is 0 Å². The van der Waals surface area contributed by atoms with E-state index in [1.165, 1.54) is 36.7 Å². The lowest BCUT2D eigenvalue weighted by Crippen LogP contribution is -1.98. The highest BCUT2D eigenvalue weighted by atomic mass is 16.6. The molecule has 0 saturated carbocycles. The Morgan fingerprint density at radius 1 is 1.23 bits per heavy atom. The predicted octanol–water partition coefficient (Wildman–Crippen LogP) is 3.39. The van der Waals surface area contributed by atoms with Gasteiger partial charge in [0.05, 0.1) is 16.7 Å². The van der Waals surface area contributed by atoms with Crippen molar-refractivity contribution in [2.45, 2.75) is 0 Å². The molecular weight excluding hydrogens is 340 g/mol. The summed E-state index contributed by atoms with van der Waals surface area (Å²) in [6, 6.07) is 12.4. The minimum atomic E-state index is -1.00. The number of carboxylic acid groups (broad SMARTS) is 1. The molecule has 2 aromatic heterocycles. The van der Waals surface area contributed by atoms with Crippen LogP contribution in [0.15, 0.2) is 64.2 Å². The molecule has 0 spiro atoms. The van der Waals surface area contributed by atoms with Gasteiger partial charge in [-0.25, -0.2) is 9.78 Å². The van der Waals surface area contributed by atoms with Gasteiger partial charge in [-0.15, -0.1) is 0 Å². The number of nitro groups is 1. The van der Waals surface area contributed by atoms with Gasteiger partial charge >= 0.3 is 11.7 Å². The molecule has 0 aliphatic carbocycles. The van der Waals surface area contributed by atoms with Crippen molar-refractivity contribution in [2.24, 2.45) is 5.10 Å². The average molecular weight is 352 g/mol. The first-order chi connectivity index (χ1) is 12.5. The van der Waals surface area contributed by atoms with Crippen LogP contribution in [0.1, 0.15) is 16.1 Å². The number of nitrogens with zero attached hydrogens (tertiary/aromatic N) is 3. The van der Waals surface area contributed by atoms with Crippen molar-refractivity contribution >= 4 is 23.7 Å². The molecule has 0 saturated heterocycles. The van der Waals surface area contributed by atoms with E-state index in [1.54, 1.807) is 24.3 Å². The Kier molecular flexibility index (Phi) is 4.70. The lowest BCUT2D eigenvalue weighted by molar-refractivity contribution is -0.384. The van der Waals surface area contributed by atoms with Crippen LogP contribution in [-0.4, -0.2) is 27.2 Å². The van der Waals surface area contributed by atoms with Gasteiger partial charge in [-0.2, -0.15) is 5.10 Å². The average Bonchev–Trinajstić information content (AvgIpc) is 3.11. The summed E-state index contributed by atoms with van der Waals surface area (Å²) in [4.78, 5) is 25.1. The number of carboxylic acids is 1. The third-order valence-corrected chi connectivity index (χ3v) is 3.39. The van der Waals surface area contributed by atoms with Crippen molar-refractivity contribution in [2.75, 3.05) is 5.43 Å². The molecule has 0 amide bonds. The Morgan fingerprint density at radius 2 is 2.00 bits per heavy atom. The Morgan fingerprint density at radius 3 is 2.69 bits per heavy atom. The number of benzene rings is 1. The monoisotopic (exact) mass is 352 g/mol. The molecule has 26 heavy (non-hydrogen) atoms. The van der Waals surface area contributed by atoms with Gasteiger partial charge in [-0.3, -0.25) is 15.5 Å². The predicted molar refractivity (Wildman–Crippen MR) is 93.2 cm³/mol. The van der Waals surface area contributed by atoms with Crippen LogP contribution in [0, 0.1) is 10.1 Å². The molecule has 0 aliphatic heterocycles. The van der Waals surface area contributed by atoms with Crippen molar-refractivity contribution in [3.63, 3.8) is 0 Å². The smallest absolute Gasteiger partial charge is 0.335 e. The molecule has 0 unspecified atom stereocenters. The second kappa shape index (κ2) is 7.26. The highest BCUT2D eigenvalue weighted by Crippen LogP contribution is 2.23. The third kappa shape index (κ3) is 3.73. The van der Waals surface area contributed by atoms with Gasteiger partial charge in [0.1, 0.15) is 11.5 Å². The van der Waals surface area contributed by atoms with Crippen molar-refractivity contribution < 1.29 is 19.2 Å². The maximum Gasteiger partial charge on any atom is 0.335 e. The summed E-state index contributed by atoms with van der Waals surface area (Å²) in [5.74, 6) is -0.0381. The summed E-state index contributed by atoms with van der Waals surface area (Å²) >= 11 is 0. The van der Waals surface area contributed by atoms with E-state index >= 15 is 0 Å². The SMILES string of the molecule is O=C(O)c1ccc(-c2ccc(/C=N\Nc3ncccc3[N+](=O)[O-])o2)cc1. The van der Waals surface area contributed by atoms with E-state index in [2.05, 4.69) is 15.5 Å². The van der Waals surface area contributed by atoms with Gasteiger partial charge in [-0.1, -0.05) is 12.1 Å². The highest BCUT2D eigenvalue weighted by molar-refractivity contribution is 5.88. The molecule has 130 valence electrons. The fourth-order valence-corrected chi connectivity index (χ4v) is 2.14. The zero-order valence-corrected chi connectivity index (χ0v) is 13.2. The van der Waals surface area contributed by atoms with E-state index in [0.29, 0.717) is 17.1 Å². The summed E-state index contributed by atoms with van der Waals surface area (Å²) in [6.45, 7) is 0. The molecule has 2 N–H and O–H groups in total. The number of aromatic nitrogens is 1. The standard InChI is InChI=1S/C17H12N4O5/c22-17(23)12-5-3-11(4-6-12)15-8-7-13(26-15)10-19-20-16-14(21(24)25)2-1-9-18-16/h1-10H,(H,18,20)(H,22,23)/b19-10-. The number of pyridine rings is 1. The lowest BCUT2D eigenvalue weighted by atomic mass is 10.1. The summed E-state index contributed by atoms with van der Waals surface area (Å²) in [7, 11) is 0.